The third-order valence-corrected chi connectivity index (χ3v) is 4.60. The molecule has 134 valence electrons. The van der Waals surface area contributed by atoms with Gasteiger partial charge >= 0.3 is 5.97 Å². The number of hydrogen-bond donors (Lipinski definition) is 3. The molecule has 0 bridgehead atoms. The molecular formula is C19H18N2O4S. The van der Waals surface area contributed by atoms with Crippen LogP contribution in [0.2, 0.25) is 0 Å². The molecule has 7 heteroatoms. The molecule has 26 heavy (non-hydrogen) atoms. The highest BCUT2D eigenvalue weighted by Gasteiger charge is 2.15. The highest BCUT2D eigenvalue weighted by atomic mass is 32.2. The topological polar surface area (TPSA) is 109 Å². The molecule has 3 aromatic carbocycles. The van der Waals surface area contributed by atoms with E-state index in [0.717, 1.165) is 11.8 Å². The number of rotatable bonds is 4. The third-order valence-electron chi connectivity index (χ3n) is 3.22. The number of hydrogen-bond acceptors (Lipinski definition) is 4. The van der Waals surface area contributed by atoms with Crippen LogP contribution < -0.4 is 10.5 Å². The third kappa shape index (κ3) is 5.64. The highest BCUT2D eigenvalue weighted by Crippen LogP contribution is 2.16. The van der Waals surface area contributed by atoms with Crippen molar-refractivity contribution in [1.82, 2.24) is 0 Å². The molecule has 3 rings (SSSR count). The van der Waals surface area contributed by atoms with Crippen LogP contribution in [0.15, 0.2) is 89.8 Å². The molecule has 6 nitrogen and oxygen atoms in total. The lowest BCUT2D eigenvalue weighted by molar-refractivity contribution is 0.0696. The van der Waals surface area contributed by atoms with Crippen LogP contribution in [0, 0.1) is 0 Å². The Morgan fingerprint density at radius 1 is 0.846 bits per heavy atom. The molecule has 0 fully saturated rings. The molecule has 0 aliphatic heterocycles. The Kier molecular flexibility index (Phi) is 6.35. The maximum absolute atomic E-state index is 12.1. The lowest BCUT2D eigenvalue weighted by Crippen LogP contribution is -2.13. The summed E-state index contributed by atoms with van der Waals surface area (Å²) in [6, 6.07) is 23.1. The lowest BCUT2D eigenvalue weighted by Gasteiger charge is -2.08. The van der Waals surface area contributed by atoms with Gasteiger partial charge in [0.2, 0.25) is 0 Å². The molecule has 0 aliphatic rings. The fourth-order valence-corrected chi connectivity index (χ4v) is 3.07. The molecule has 3 aromatic rings. The van der Waals surface area contributed by atoms with E-state index in [0.29, 0.717) is 5.69 Å². The monoisotopic (exact) mass is 370 g/mol. The zero-order valence-corrected chi connectivity index (χ0v) is 14.6. The summed E-state index contributed by atoms with van der Waals surface area (Å²) in [6.45, 7) is 0. The van der Waals surface area contributed by atoms with E-state index in [1.54, 1.807) is 30.3 Å². The number of nitrogens with two attached hydrogens (primary N) is 1. The van der Waals surface area contributed by atoms with Crippen LogP contribution in [0.1, 0.15) is 10.4 Å². The molecule has 4 N–H and O–H groups in total. The fraction of sp³-hybridized carbons (Fsp3) is 0. The summed E-state index contributed by atoms with van der Waals surface area (Å²) < 4.78 is 26.5. The first-order valence-corrected chi connectivity index (χ1v) is 9.08. The van der Waals surface area contributed by atoms with Crippen LogP contribution >= 0.6 is 0 Å². The maximum Gasteiger partial charge on any atom is 0.335 e. The van der Waals surface area contributed by atoms with Crippen molar-refractivity contribution in [2.24, 2.45) is 0 Å². The summed E-state index contributed by atoms with van der Waals surface area (Å²) in [5, 5.41) is 8.85. The smallest absolute Gasteiger partial charge is 0.335 e. The summed E-state index contributed by atoms with van der Waals surface area (Å²) in [6.07, 6.45) is 0. The predicted octanol–water partition coefficient (Wildman–Crippen LogP) is 3.45. The molecule has 0 heterocycles. The molecule has 0 spiro atoms. The van der Waals surface area contributed by atoms with Gasteiger partial charge in [0.15, 0.2) is 0 Å². The van der Waals surface area contributed by atoms with Gasteiger partial charge in [0.05, 0.1) is 10.5 Å². The number of carboxylic acids is 1. The number of para-hydroxylation sites is 2. The maximum atomic E-state index is 12.1. The Morgan fingerprint density at radius 3 is 1.92 bits per heavy atom. The minimum absolute atomic E-state index is 0.0732. The van der Waals surface area contributed by atoms with E-state index >= 15 is 0 Å². The molecule has 0 unspecified atom stereocenters. The molecule has 0 aromatic heterocycles. The van der Waals surface area contributed by atoms with Gasteiger partial charge < -0.3 is 10.8 Å². The summed E-state index contributed by atoms with van der Waals surface area (Å²) in [5.41, 5.74) is 6.53. The van der Waals surface area contributed by atoms with Crippen molar-refractivity contribution in [3.8, 4) is 0 Å². The zero-order valence-electron chi connectivity index (χ0n) is 13.7. The number of carboxylic acid groups (broad SMARTS) is 1. The SMILES string of the molecule is Nc1ccccc1.O=C(O)c1cccc(S(=O)(=O)Nc2ccccc2)c1. The van der Waals surface area contributed by atoms with Crippen LogP contribution in [0.5, 0.6) is 0 Å². The van der Waals surface area contributed by atoms with E-state index in [1.807, 2.05) is 30.3 Å². The summed E-state index contributed by atoms with van der Waals surface area (Å²) in [7, 11) is -3.78. The molecular weight excluding hydrogens is 352 g/mol. The van der Waals surface area contributed by atoms with Crippen LogP contribution in [0.25, 0.3) is 0 Å². The minimum Gasteiger partial charge on any atom is -0.478 e. The van der Waals surface area contributed by atoms with Gasteiger partial charge in [-0.05, 0) is 42.5 Å². The van der Waals surface area contributed by atoms with Crippen LogP contribution in [0.3, 0.4) is 0 Å². The zero-order chi connectivity index (χ0) is 19.0. The number of sulfonamides is 1. The summed E-state index contributed by atoms with van der Waals surface area (Å²) in [5.74, 6) is -1.17. The normalized spacial score (nSPS) is 10.3. The number of nitrogens with one attached hydrogen (secondary N) is 1. The van der Waals surface area contributed by atoms with Crippen molar-refractivity contribution in [3.05, 3.63) is 90.5 Å². The highest BCUT2D eigenvalue weighted by molar-refractivity contribution is 7.92. The van der Waals surface area contributed by atoms with Crippen molar-refractivity contribution in [2.75, 3.05) is 10.5 Å². The Morgan fingerprint density at radius 2 is 1.42 bits per heavy atom. The van der Waals surface area contributed by atoms with Crippen LogP contribution in [0.4, 0.5) is 11.4 Å². The number of carbonyl (C=O) groups is 1. The average Bonchev–Trinajstić information content (AvgIpc) is 2.63. The quantitative estimate of drug-likeness (QED) is 0.609. The van der Waals surface area contributed by atoms with E-state index in [1.165, 1.54) is 18.2 Å². The van der Waals surface area contributed by atoms with Crippen molar-refractivity contribution in [3.63, 3.8) is 0 Å². The Balaban J connectivity index is 0.000000290. The number of nitrogen functional groups attached to an aromatic ring is 1. The molecule has 0 radical (unpaired) electrons. The second-order valence-electron chi connectivity index (χ2n) is 5.22. The molecule has 0 atom stereocenters. The van der Waals surface area contributed by atoms with Gasteiger partial charge in [-0.2, -0.15) is 0 Å². The van der Waals surface area contributed by atoms with Gasteiger partial charge in [0.1, 0.15) is 0 Å². The molecule has 0 aliphatic carbocycles. The van der Waals surface area contributed by atoms with E-state index in [2.05, 4.69) is 4.72 Å². The molecule has 0 saturated carbocycles. The van der Waals surface area contributed by atoms with Gasteiger partial charge in [-0.25, -0.2) is 13.2 Å². The van der Waals surface area contributed by atoms with E-state index in [9.17, 15) is 13.2 Å². The standard InChI is InChI=1S/C13H11NO4S.C6H7N/c15-13(16)10-5-4-8-12(9-10)19(17,18)14-11-6-2-1-3-7-11;7-6-4-2-1-3-5-6/h1-9,14H,(H,15,16);1-5H,7H2. The first kappa shape index (κ1) is 19.0. The first-order valence-electron chi connectivity index (χ1n) is 7.60. The van der Waals surface area contributed by atoms with E-state index in [-0.39, 0.29) is 10.5 Å². The van der Waals surface area contributed by atoms with Crippen molar-refractivity contribution in [1.29, 1.82) is 0 Å². The van der Waals surface area contributed by atoms with Crippen molar-refractivity contribution in [2.45, 2.75) is 4.90 Å². The fourth-order valence-electron chi connectivity index (χ4n) is 1.97. The number of anilines is 2. The summed E-state index contributed by atoms with van der Waals surface area (Å²) >= 11 is 0. The van der Waals surface area contributed by atoms with Gasteiger partial charge in [0, 0.05) is 11.4 Å². The number of aromatic carboxylic acids is 1. The number of benzene rings is 3. The predicted molar refractivity (Wildman–Crippen MR) is 102 cm³/mol. The van der Waals surface area contributed by atoms with Crippen molar-refractivity contribution < 1.29 is 18.3 Å². The van der Waals surface area contributed by atoms with Crippen LogP contribution in [-0.2, 0) is 10.0 Å². The second-order valence-corrected chi connectivity index (χ2v) is 6.90. The van der Waals surface area contributed by atoms with E-state index < -0.39 is 16.0 Å². The Hall–Kier alpha value is -3.32. The lowest BCUT2D eigenvalue weighted by atomic mass is 10.2. The van der Waals surface area contributed by atoms with Crippen molar-refractivity contribution >= 4 is 27.4 Å². The van der Waals surface area contributed by atoms with Gasteiger partial charge in [0.25, 0.3) is 10.0 Å². The van der Waals surface area contributed by atoms with Gasteiger partial charge in [-0.1, -0.05) is 42.5 Å². The summed E-state index contributed by atoms with van der Waals surface area (Å²) in [4.78, 5) is 10.7. The largest absolute Gasteiger partial charge is 0.478 e. The minimum atomic E-state index is -3.78. The average molecular weight is 370 g/mol. The Bertz CT molecular complexity index is 959. The van der Waals surface area contributed by atoms with Gasteiger partial charge in [-0.3, -0.25) is 4.72 Å². The molecule has 0 amide bonds. The first-order chi connectivity index (χ1) is 12.4. The van der Waals surface area contributed by atoms with Crippen LogP contribution in [-0.4, -0.2) is 19.5 Å². The molecule has 0 saturated heterocycles. The van der Waals surface area contributed by atoms with E-state index in [4.69, 9.17) is 10.8 Å². The Labute approximate surface area is 152 Å². The van der Waals surface area contributed by atoms with Gasteiger partial charge in [-0.15, -0.1) is 0 Å². The second kappa shape index (κ2) is 8.68.